The van der Waals surface area contributed by atoms with E-state index in [1.54, 1.807) is 42.5 Å². The summed E-state index contributed by atoms with van der Waals surface area (Å²) in [6.45, 7) is 0.603. The molecule has 4 N–H and O–H groups in total. The zero-order valence-corrected chi connectivity index (χ0v) is 12.9. The van der Waals surface area contributed by atoms with Crippen molar-refractivity contribution in [1.82, 2.24) is 0 Å². The number of carbonyl (C=O) groups excluding carboxylic acids is 1. The van der Waals surface area contributed by atoms with Crippen LogP contribution in [-0.4, -0.2) is 36.1 Å². The van der Waals surface area contributed by atoms with Gasteiger partial charge in [-0.05, 0) is 29.8 Å². The van der Waals surface area contributed by atoms with Crippen LogP contribution in [0.4, 0.5) is 16.2 Å². The van der Waals surface area contributed by atoms with Gasteiger partial charge in [0, 0.05) is 17.4 Å². The number of aliphatic hydroxyl groups is 2. The van der Waals surface area contributed by atoms with Gasteiger partial charge in [0.05, 0.1) is 6.61 Å². The van der Waals surface area contributed by atoms with Crippen molar-refractivity contribution in [3.05, 3.63) is 48.0 Å². The largest absolute Gasteiger partial charge is 0.486 e. The predicted octanol–water partition coefficient (Wildman–Crippen LogP) is 2.13. The maximum Gasteiger partial charge on any atom is 0.323 e. The number of nitrogens with one attached hydrogen (secondary N) is 2. The average Bonchev–Trinajstić information content (AvgIpc) is 2.61. The first-order chi connectivity index (χ1) is 11.7. The predicted molar refractivity (Wildman–Crippen MR) is 88.6 cm³/mol. The summed E-state index contributed by atoms with van der Waals surface area (Å²) >= 11 is 0. The summed E-state index contributed by atoms with van der Waals surface area (Å²) in [5.41, 5.74) is 1.60. The van der Waals surface area contributed by atoms with Gasteiger partial charge in [0.25, 0.3) is 0 Å². The van der Waals surface area contributed by atoms with Gasteiger partial charge in [-0.25, -0.2) is 4.79 Å². The van der Waals surface area contributed by atoms with Crippen molar-refractivity contribution in [2.45, 2.75) is 6.10 Å². The Balaban J connectivity index is 1.65. The van der Waals surface area contributed by atoms with E-state index in [1.165, 1.54) is 0 Å². The number of ether oxygens (including phenoxy) is 2. The van der Waals surface area contributed by atoms with E-state index >= 15 is 0 Å². The van der Waals surface area contributed by atoms with Gasteiger partial charge in [0.1, 0.15) is 19.3 Å². The molecule has 2 amide bonds. The maximum atomic E-state index is 12.1. The topological polar surface area (TPSA) is 100 Å². The Kier molecular flexibility index (Phi) is 4.83. The number of amides is 2. The zero-order chi connectivity index (χ0) is 16.9. The van der Waals surface area contributed by atoms with Crippen molar-refractivity contribution >= 4 is 17.4 Å². The van der Waals surface area contributed by atoms with E-state index in [1.807, 2.05) is 0 Å². The molecule has 24 heavy (non-hydrogen) atoms. The van der Waals surface area contributed by atoms with Crippen LogP contribution in [0.25, 0.3) is 0 Å². The number of carbonyl (C=O) groups is 1. The molecule has 1 aliphatic heterocycles. The fourth-order valence-electron chi connectivity index (χ4n) is 2.34. The summed E-state index contributed by atoms with van der Waals surface area (Å²) < 4.78 is 10.9. The molecule has 3 rings (SSSR count). The van der Waals surface area contributed by atoms with Crippen LogP contribution in [0.1, 0.15) is 11.7 Å². The molecule has 7 heteroatoms. The highest BCUT2D eigenvalue weighted by molar-refractivity contribution is 6.00. The van der Waals surface area contributed by atoms with E-state index in [0.717, 1.165) is 0 Å². The Morgan fingerprint density at radius 3 is 2.50 bits per heavy atom. The minimum atomic E-state index is -0.979. The first-order valence-corrected chi connectivity index (χ1v) is 7.52. The van der Waals surface area contributed by atoms with Crippen LogP contribution in [0.15, 0.2) is 42.5 Å². The van der Waals surface area contributed by atoms with Crippen LogP contribution >= 0.6 is 0 Å². The zero-order valence-electron chi connectivity index (χ0n) is 12.9. The molecule has 7 nitrogen and oxygen atoms in total. The van der Waals surface area contributed by atoms with Crippen molar-refractivity contribution in [2.75, 3.05) is 30.5 Å². The molecule has 1 heterocycles. The van der Waals surface area contributed by atoms with E-state index in [4.69, 9.17) is 14.6 Å². The fourth-order valence-corrected chi connectivity index (χ4v) is 2.34. The smallest absolute Gasteiger partial charge is 0.323 e. The quantitative estimate of drug-likeness (QED) is 0.688. The molecule has 2 aromatic carbocycles. The van der Waals surface area contributed by atoms with Gasteiger partial charge < -0.3 is 30.3 Å². The molecule has 0 unspecified atom stereocenters. The molecule has 0 bridgehead atoms. The third kappa shape index (κ3) is 3.76. The molecule has 1 aliphatic rings. The second-order valence-electron chi connectivity index (χ2n) is 5.26. The van der Waals surface area contributed by atoms with Crippen molar-refractivity contribution in [3.63, 3.8) is 0 Å². The standard InChI is InChI=1S/C17H18N2O5/c20-10-14(21)11-2-1-3-12(8-11)18-17(22)19-13-4-5-15-16(9-13)24-7-6-23-15/h1-5,8-9,14,20-21H,6-7,10H2,(H2,18,19,22)/t14-/m1/s1. The lowest BCUT2D eigenvalue weighted by Crippen LogP contribution is -2.20. The molecule has 0 saturated heterocycles. The highest BCUT2D eigenvalue weighted by Gasteiger charge is 2.13. The molecular weight excluding hydrogens is 312 g/mol. The van der Waals surface area contributed by atoms with Gasteiger partial charge in [-0.3, -0.25) is 0 Å². The van der Waals surface area contributed by atoms with Crippen molar-refractivity contribution in [3.8, 4) is 11.5 Å². The first-order valence-electron chi connectivity index (χ1n) is 7.52. The van der Waals surface area contributed by atoms with E-state index in [9.17, 15) is 9.90 Å². The summed E-state index contributed by atoms with van der Waals surface area (Å²) in [6.07, 6.45) is -0.979. The van der Waals surface area contributed by atoms with Gasteiger partial charge in [-0.15, -0.1) is 0 Å². The van der Waals surface area contributed by atoms with Crippen LogP contribution < -0.4 is 20.1 Å². The lowest BCUT2D eigenvalue weighted by molar-refractivity contribution is 0.0956. The molecular formula is C17H18N2O5. The molecule has 0 radical (unpaired) electrons. The van der Waals surface area contributed by atoms with E-state index < -0.39 is 12.1 Å². The number of benzene rings is 2. The van der Waals surface area contributed by atoms with Crippen LogP contribution in [0.2, 0.25) is 0 Å². The summed E-state index contributed by atoms with van der Waals surface area (Å²) in [5, 5.41) is 24.0. The SMILES string of the molecule is O=C(Nc1cccc([C@H](O)CO)c1)Nc1ccc2c(c1)OCCO2. The molecule has 2 aromatic rings. The summed E-state index contributed by atoms with van der Waals surface area (Å²) in [6, 6.07) is 11.4. The van der Waals surface area contributed by atoms with Crippen LogP contribution in [0, 0.1) is 0 Å². The van der Waals surface area contributed by atoms with E-state index in [2.05, 4.69) is 10.6 Å². The van der Waals surface area contributed by atoms with Gasteiger partial charge in [0.15, 0.2) is 11.5 Å². The number of hydrogen-bond donors (Lipinski definition) is 4. The summed E-state index contributed by atoms with van der Waals surface area (Å²) in [4.78, 5) is 12.1. The van der Waals surface area contributed by atoms with Gasteiger partial charge in [-0.1, -0.05) is 12.1 Å². The summed E-state index contributed by atoms with van der Waals surface area (Å²) in [7, 11) is 0. The number of rotatable bonds is 4. The summed E-state index contributed by atoms with van der Waals surface area (Å²) in [5.74, 6) is 1.24. The Morgan fingerprint density at radius 1 is 1.04 bits per heavy atom. The fraction of sp³-hybridized carbons (Fsp3) is 0.235. The Labute approximate surface area is 138 Å². The van der Waals surface area contributed by atoms with Crippen LogP contribution in [-0.2, 0) is 0 Å². The lowest BCUT2D eigenvalue weighted by atomic mass is 10.1. The minimum absolute atomic E-state index is 0.382. The third-order valence-electron chi connectivity index (χ3n) is 3.50. The normalized spacial score (nSPS) is 13.9. The molecule has 126 valence electrons. The van der Waals surface area contributed by atoms with Gasteiger partial charge >= 0.3 is 6.03 Å². The van der Waals surface area contributed by atoms with Gasteiger partial charge in [0.2, 0.25) is 0 Å². The first kappa shape index (κ1) is 16.1. The molecule has 0 spiro atoms. The Hall–Kier alpha value is -2.77. The number of aliphatic hydroxyl groups excluding tert-OH is 2. The highest BCUT2D eigenvalue weighted by atomic mass is 16.6. The Bertz CT molecular complexity index is 735. The second kappa shape index (κ2) is 7.20. The number of fused-ring (bicyclic) bond motifs is 1. The maximum absolute atomic E-state index is 12.1. The van der Waals surface area contributed by atoms with Crippen molar-refractivity contribution < 1.29 is 24.5 Å². The van der Waals surface area contributed by atoms with E-state index in [0.29, 0.717) is 41.7 Å². The lowest BCUT2D eigenvalue weighted by Gasteiger charge is -2.19. The monoisotopic (exact) mass is 330 g/mol. The Morgan fingerprint density at radius 2 is 1.75 bits per heavy atom. The highest BCUT2D eigenvalue weighted by Crippen LogP contribution is 2.32. The van der Waals surface area contributed by atoms with Crippen molar-refractivity contribution in [2.24, 2.45) is 0 Å². The molecule has 0 fully saturated rings. The minimum Gasteiger partial charge on any atom is -0.486 e. The average molecular weight is 330 g/mol. The number of anilines is 2. The van der Waals surface area contributed by atoms with Crippen LogP contribution in [0.5, 0.6) is 11.5 Å². The molecule has 1 atom stereocenters. The second-order valence-corrected chi connectivity index (χ2v) is 5.26. The van der Waals surface area contributed by atoms with Crippen LogP contribution in [0.3, 0.4) is 0 Å². The van der Waals surface area contributed by atoms with Crippen molar-refractivity contribution in [1.29, 1.82) is 0 Å². The molecule has 0 aliphatic carbocycles. The van der Waals surface area contributed by atoms with E-state index in [-0.39, 0.29) is 6.61 Å². The third-order valence-corrected chi connectivity index (χ3v) is 3.50. The molecule has 0 aromatic heterocycles. The number of hydrogen-bond acceptors (Lipinski definition) is 5. The number of urea groups is 1. The molecule has 0 saturated carbocycles. The van der Waals surface area contributed by atoms with Gasteiger partial charge in [-0.2, -0.15) is 0 Å².